The monoisotopic (exact) mass is 314 g/mol. The van der Waals surface area contributed by atoms with Gasteiger partial charge in [0.05, 0.1) is 5.56 Å². The second kappa shape index (κ2) is 7.33. The number of amides is 1. The Morgan fingerprint density at radius 2 is 2.17 bits per heavy atom. The van der Waals surface area contributed by atoms with Crippen LogP contribution in [-0.4, -0.2) is 44.6 Å². The standard InChI is InChI=1S/C12H19BrN4O/c1-4-14-5-6-15-12(18)10-7-9(13)8-16-11(10)17(2)3/h7-8,14H,4-6H2,1-3H3,(H,15,18). The van der Waals surface area contributed by atoms with Crippen molar-refractivity contribution in [3.8, 4) is 0 Å². The molecule has 0 atom stereocenters. The number of likely N-dealkylation sites (N-methyl/N-ethyl adjacent to an activating group) is 1. The Hall–Kier alpha value is -1.14. The van der Waals surface area contributed by atoms with Crippen LogP contribution in [0.5, 0.6) is 0 Å². The summed E-state index contributed by atoms with van der Waals surface area (Å²) in [6.45, 7) is 4.30. The van der Waals surface area contributed by atoms with Gasteiger partial charge in [-0.1, -0.05) is 6.92 Å². The second-order valence-electron chi connectivity index (χ2n) is 4.03. The molecule has 1 amide bonds. The topological polar surface area (TPSA) is 57.3 Å². The molecule has 0 aliphatic heterocycles. The number of hydrogen-bond acceptors (Lipinski definition) is 4. The van der Waals surface area contributed by atoms with Crippen molar-refractivity contribution in [2.45, 2.75) is 6.92 Å². The molecule has 0 aliphatic carbocycles. The average Bonchev–Trinajstić information content (AvgIpc) is 2.34. The van der Waals surface area contributed by atoms with Crippen LogP contribution in [0.2, 0.25) is 0 Å². The van der Waals surface area contributed by atoms with E-state index in [0.717, 1.165) is 17.6 Å². The Labute approximate surface area is 116 Å². The number of aromatic nitrogens is 1. The van der Waals surface area contributed by atoms with Crippen LogP contribution in [0.15, 0.2) is 16.7 Å². The zero-order chi connectivity index (χ0) is 13.5. The predicted octanol–water partition coefficient (Wildman–Crippen LogP) is 1.25. The zero-order valence-corrected chi connectivity index (χ0v) is 12.5. The summed E-state index contributed by atoms with van der Waals surface area (Å²) in [5, 5.41) is 6.02. The fourth-order valence-corrected chi connectivity index (χ4v) is 1.82. The van der Waals surface area contributed by atoms with E-state index in [2.05, 4.69) is 31.5 Å². The van der Waals surface area contributed by atoms with Crippen LogP contribution < -0.4 is 15.5 Å². The van der Waals surface area contributed by atoms with E-state index in [9.17, 15) is 4.79 Å². The summed E-state index contributed by atoms with van der Waals surface area (Å²) in [5.74, 6) is 0.560. The molecule has 0 aliphatic rings. The van der Waals surface area contributed by atoms with Gasteiger partial charge in [-0.05, 0) is 28.5 Å². The number of hydrogen-bond donors (Lipinski definition) is 2. The van der Waals surface area contributed by atoms with Gasteiger partial charge in [0.2, 0.25) is 0 Å². The predicted molar refractivity (Wildman–Crippen MR) is 77.1 cm³/mol. The van der Waals surface area contributed by atoms with Gasteiger partial charge >= 0.3 is 0 Å². The first-order valence-corrected chi connectivity index (χ1v) is 6.67. The van der Waals surface area contributed by atoms with Gasteiger partial charge in [0.15, 0.2) is 0 Å². The molecule has 0 radical (unpaired) electrons. The molecule has 1 heterocycles. The normalized spacial score (nSPS) is 10.2. The first-order chi connectivity index (χ1) is 8.56. The zero-order valence-electron chi connectivity index (χ0n) is 11.0. The van der Waals surface area contributed by atoms with E-state index in [-0.39, 0.29) is 5.91 Å². The summed E-state index contributed by atoms with van der Waals surface area (Å²) >= 11 is 3.33. The molecular weight excluding hydrogens is 296 g/mol. The minimum atomic E-state index is -0.106. The third kappa shape index (κ3) is 4.27. The highest BCUT2D eigenvalue weighted by molar-refractivity contribution is 9.10. The van der Waals surface area contributed by atoms with E-state index in [4.69, 9.17) is 0 Å². The number of anilines is 1. The molecule has 5 nitrogen and oxygen atoms in total. The fraction of sp³-hybridized carbons (Fsp3) is 0.500. The van der Waals surface area contributed by atoms with Crippen LogP contribution in [0.1, 0.15) is 17.3 Å². The largest absolute Gasteiger partial charge is 0.362 e. The molecule has 0 saturated heterocycles. The van der Waals surface area contributed by atoms with Crippen molar-refractivity contribution < 1.29 is 4.79 Å². The fourth-order valence-electron chi connectivity index (χ4n) is 1.49. The van der Waals surface area contributed by atoms with Crippen molar-refractivity contribution in [3.63, 3.8) is 0 Å². The van der Waals surface area contributed by atoms with Crippen molar-refractivity contribution >= 4 is 27.7 Å². The van der Waals surface area contributed by atoms with E-state index in [1.54, 1.807) is 12.3 Å². The molecule has 1 aromatic rings. The molecule has 0 spiro atoms. The van der Waals surface area contributed by atoms with Crippen LogP contribution in [0.4, 0.5) is 5.82 Å². The summed E-state index contributed by atoms with van der Waals surface area (Å²) < 4.78 is 0.796. The Bertz CT molecular complexity index is 409. The van der Waals surface area contributed by atoms with Gasteiger partial charge in [-0.2, -0.15) is 0 Å². The van der Waals surface area contributed by atoms with Crippen molar-refractivity contribution in [2.24, 2.45) is 0 Å². The lowest BCUT2D eigenvalue weighted by molar-refractivity contribution is 0.0954. The van der Waals surface area contributed by atoms with E-state index >= 15 is 0 Å². The van der Waals surface area contributed by atoms with Crippen molar-refractivity contribution in [1.29, 1.82) is 0 Å². The van der Waals surface area contributed by atoms with E-state index in [1.165, 1.54) is 0 Å². The van der Waals surface area contributed by atoms with Gasteiger partial charge in [0, 0.05) is 37.9 Å². The lowest BCUT2D eigenvalue weighted by Gasteiger charge is -2.16. The molecule has 0 bridgehead atoms. The van der Waals surface area contributed by atoms with Crippen molar-refractivity contribution in [3.05, 3.63) is 22.3 Å². The van der Waals surface area contributed by atoms with E-state index < -0.39 is 0 Å². The minimum absolute atomic E-state index is 0.106. The first-order valence-electron chi connectivity index (χ1n) is 5.88. The van der Waals surface area contributed by atoms with Crippen molar-refractivity contribution in [1.82, 2.24) is 15.6 Å². The Kier molecular flexibility index (Phi) is 6.07. The third-order valence-electron chi connectivity index (χ3n) is 2.34. The number of carbonyl (C=O) groups is 1. The summed E-state index contributed by atoms with van der Waals surface area (Å²) in [4.78, 5) is 18.1. The summed E-state index contributed by atoms with van der Waals surface area (Å²) in [7, 11) is 3.73. The third-order valence-corrected chi connectivity index (χ3v) is 2.77. The highest BCUT2D eigenvalue weighted by Crippen LogP contribution is 2.19. The van der Waals surface area contributed by atoms with Gasteiger partial charge in [0.1, 0.15) is 5.82 Å². The molecule has 1 aromatic heterocycles. The van der Waals surface area contributed by atoms with Gasteiger partial charge < -0.3 is 15.5 Å². The summed E-state index contributed by atoms with van der Waals surface area (Å²) in [6.07, 6.45) is 1.69. The SMILES string of the molecule is CCNCCNC(=O)c1cc(Br)cnc1N(C)C. The maximum absolute atomic E-state index is 12.1. The Morgan fingerprint density at radius 1 is 1.44 bits per heavy atom. The second-order valence-corrected chi connectivity index (χ2v) is 4.94. The van der Waals surface area contributed by atoms with Crippen LogP contribution in [-0.2, 0) is 0 Å². The van der Waals surface area contributed by atoms with Gasteiger partial charge in [-0.15, -0.1) is 0 Å². The lowest BCUT2D eigenvalue weighted by atomic mass is 10.2. The minimum Gasteiger partial charge on any atom is -0.362 e. The number of rotatable bonds is 6. The van der Waals surface area contributed by atoms with Gasteiger partial charge in [-0.25, -0.2) is 4.98 Å². The van der Waals surface area contributed by atoms with E-state index in [0.29, 0.717) is 17.9 Å². The molecule has 100 valence electrons. The number of carbonyl (C=O) groups excluding carboxylic acids is 1. The average molecular weight is 315 g/mol. The van der Waals surface area contributed by atoms with Crippen LogP contribution >= 0.6 is 15.9 Å². The van der Waals surface area contributed by atoms with Crippen LogP contribution in [0, 0.1) is 0 Å². The lowest BCUT2D eigenvalue weighted by Crippen LogP contribution is -2.32. The molecule has 2 N–H and O–H groups in total. The van der Waals surface area contributed by atoms with Crippen molar-refractivity contribution in [2.75, 3.05) is 38.6 Å². The van der Waals surface area contributed by atoms with Gasteiger partial charge in [-0.3, -0.25) is 4.79 Å². The molecule has 0 fully saturated rings. The van der Waals surface area contributed by atoms with Crippen LogP contribution in [0.3, 0.4) is 0 Å². The molecule has 0 saturated carbocycles. The smallest absolute Gasteiger partial charge is 0.255 e. The summed E-state index contributed by atoms with van der Waals surface area (Å²) in [6, 6.07) is 1.78. The molecule has 1 rings (SSSR count). The molecular formula is C12H19BrN4O. The number of nitrogens with one attached hydrogen (secondary N) is 2. The first kappa shape index (κ1) is 14.9. The Morgan fingerprint density at radius 3 is 2.78 bits per heavy atom. The number of pyridine rings is 1. The summed E-state index contributed by atoms with van der Waals surface area (Å²) in [5.41, 5.74) is 0.575. The van der Waals surface area contributed by atoms with Gasteiger partial charge in [0.25, 0.3) is 5.91 Å². The quantitative estimate of drug-likeness (QED) is 0.776. The molecule has 0 aromatic carbocycles. The maximum atomic E-state index is 12.1. The highest BCUT2D eigenvalue weighted by atomic mass is 79.9. The highest BCUT2D eigenvalue weighted by Gasteiger charge is 2.14. The molecule has 18 heavy (non-hydrogen) atoms. The molecule has 0 unspecified atom stereocenters. The molecule has 6 heteroatoms. The Balaban J connectivity index is 2.74. The number of halogens is 1. The maximum Gasteiger partial charge on any atom is 0.255 e. The number of nitrogens with zero attached hydrogens (tertiary/aromatic N) is 2. The van der Waals surface area contributed by atoms with E-state index in [1.807, 2.05) is 25.9 Å². The van der Waals surface area contributed by atoms with Crippen LogP contribution in [0.25, 0.3) is 0 Å².